The van der Waals surface area contributed by atoms with Gasteiger partial charge in [-0.15, -0.1) is 0 Å². The molecule has 0 aliphatic rings. The van der Waals surface area contributed by atoms with Crippen molar-refractivity contribution in [2.45, 2.75) is 90.9 Å². The molecule has 0 aliphatic heterocycles. The average Bonchev–Trinajstić information content (AvgIpc) is 3.00. The minimum absolute atomic E-state index is 0.732. The van der Waals surface area contributed by atoms with Crippen LogP contribution in [0.15, 0.2) is 71.2 Å². The van der Waals surface area contributed by atoms with Crippen LogP contribution in [0.2, 0.25) is 0 Å². The molecule has 0 amide bonds. The van der Waals surface area contributed by atoms with Crippen molar-refractivity contribution in [3.8, 4) is 34.0 Å². The molecule has 0 saturated carbocycles. The summed E-state index contributed by atoms with van der Waals surface area (Å²) >= 11 is 3.68. The molecule has 0 radical (unpaired) electrons. The summed E-state index contributed by atoms with van der Waals surface area (Å²) in [6, 6.07) is 22.5. The number of fused-ring (bicyclic) bond motifs is 1. The monoisotopic (exact) mass is 616 g/mol. The van der Waals surface area contributed by atoms with Gasteiger partial charge >= 0.3 is 0 Å². The highest BCUT2D eigenvalue weighted by molar-refractivity contribution is 9.10. The molecule has 0 fully saturated rings. The first-order valence-electron chi connectivity index (χ1n) is 15.6. The van der Waals surface area contributed by atoms with Crippen molar-refractivity contribution in [3.63, 3.8) is 0 Å². The van der Waals surface area contributed by atoms with E-state index < -0.39 is 0 Å². The van der Waals surface area contributed by atoms with Crippen LogP contribution < -0.4 is 9.47 Å². The number of aromatic nitrogens is 2. The van der Waals surface area contributed by atoms with Gasteiger partial charge in [0.05, 0.1) is 30.1 Å². The Labute approximate surface area is 255 Å². The van der Waals surface area contributed by atoms with Gasteiger partial charge in [0.2, 0.25) is 0 Å². The molecule has 0 unspecified atom stereocenters. The van der Waals surface area contributed by atoms with Crippen LogP contribution >= 0.6 is 15.9 Å². The van der Waals surface area contributed by atoms with Crippen LogP contribution in [0.1, 0.15) is 90.9 Å². The zero-order valence-electron chi connectivity index (χ0n) is 24.8. The summed E-state index contributed by atoms with van der Waals surface area (Å²) in [5.74, 6) is 1.74. The molecule has 218 valence electrons. The first kappa shape index (κ1) is 31.0. The molecule has 0 spiro atoms. The molecule has 1 aromatic heterocycles. The van der Waals surface area contributed by atoms with E-state index in [1.165, 1.54) is 64.2 Å². The van der Waals surface area contributed by atoms with E-state index in [1.54, 1.807) is 0 Å². The predicted molar refractivity (Wildman–Crippen MR) is 176 cm³/mol. The second-order valence-corrected chi connectivity index (χ2v) is 11.7. The third-order valence-electron chi connectivity index (χ3n) is 7.39. The number of benzene rings is 3. The summed E-state index contributed by atoms with van der Waals surface area (Å²) in [5.41, 5.74) is 5.36. The minimum atomic E-state index is 0.732. The number of ether oxygens (including phenoxy) is 2. The lowest BCUT2D eigenvalue weighted by molar-refractivity contribution is 0.304. The summed E-state index contributed by atoms with van der Waals surface area (Å²) in [5, 5.41) is 0. The molecule has 4 aromatic rings. The molecule has 4 rings (SSSR count). The van der Waals surface area contributed by atoms with Crippen molar-refractivity contribution in [3.05, 3.63) is 71.2 Å². The Morgan fingerprint density at radius 1 is 0.561 bits per heavy atom. The highest BCUT2D eigenvalue weighted by Gasteiger charge is 2.16. The number of hydrogen-bond donors (Lipinski definition) is 0. The summed E-state index contributed by atoms with van der Waals surface area (Å²) in [6.45, 7) is 5.97. The summed E-state index contributed by atoms with van der Waals surface area (Å²) in [6.07, 6.45) is 15.0. The van der Waals surface area contributed by atoms with E-state index in [1.807, 2.05) is 42.5 Å². The molecule has 4 nitrogen and oxygen atoms in total. The number of unbranched alkanes of at least 4 members (excludes halogenated alkanes) is 10. The van der Waals surface area contributed by atoms with E-state index in [4.69, 9.17) is 19.4 Å². The highest BCUT2D eigenvalue weighted by Crippen LogP contribution is 2.35. The number of rotatable bonds is 18. The molecule has 0 bridgehead atoms. The maximum Gasteiger partial charge on any atom is 0.119 e. The molecule has 5 heteroatoms. The third kappa shape index (κ3) is 9.56. The summed E-state index contributed by atoms with van der Waals surface area (Å²) in [4.78, 5) is 10.2. The molecule has 3 aromatic carbocycles. The van der Waals surface area contributed by atoms with Crippen LogP contribution in [0.3, 0.4) is 0 Å². The normalized spacial score (nSPS) is 11.2. The first-order valence-corrected chi connectivity index (χ1v) is 16.4. The Hall–Kier alpha value is -2.92. The van der Waals surface area contributed by atoms with Gasteiger partial charge in [0, 0.05) is 15.6 Å². The van der Waals surface area contributed by atoms with E-state index >= 15 is 0 Å². The fourth-order valence-corrected chi connectivity index (χ4v) is 5.50. The van der Waals surface area contributed by atoms with Gasteiger partial charge in [-0.05, 0) is 65.2 Å². The van der Waals surface area contributed by atoms with Gasteiger partial charge in [0.25, 0.3) is 0 Å². The fourth-order valence-electron chi connectivity index (χ4n) is 5.06. The largest absolute Gasteiger partial charge is 0.494 e. The topological polar surface area (TPSA) is 44.2 Å². The van der Waals surface area contributed by atoms with Crippen molar-refractivity contribution in [2.24, 2.45) is 0 Å². The van der Waals surface area contributed by atoms with Crippen LogP contribution in [0.5, 0.6) is 11.5 Å². The SMILES string of the molecule is CCCCCCCCOc1cccc(-c2nc3cccc(Br)c3nc2-c2cccc(OCCCCCCCC)c2)c1. The Bertz CT molecular complexity index is 1360. The standard InChI is InChI=1S/C36H45BrN2O2/c1-3-5-7-9-11-13-24-40-30-20-15-18-28(26-30)34-35(39-36-32(37)22-17-23-33(36)38-34)29-19-16-21-31(27-29)41-25-14-12-10-8-6-4-2/h15-23,26-27H,3-14,24-25H2,1-2H3. The predicted octanol–water partition coefficient (Wildman–Crippen LogP) is 11.2. The lowest BCUT2D eigenvalue weighted by Crippen LogP contribution is -2.00. The van der Waals surface area contributed by atoms with Gasteiger partial charge in [-0.3, -0.25) is 0 Å². The van der Waals surface area contributed by atoms with Crippen LogP contribution in [-0.4, -0.2) is 23.2 Å². The highest BCUT2D eigenvalue weighted by atomic mass is 79.9. The second kappa shape index (κ2) is 17.1. The van der Waals surface area contributed by atoms with E-state index in [2.05, 4.69) is 54.0 Å². The van der Waals surface area contributed by atoms with Gasteiger partial charge in [-0.2, -0.15) is 0 Å². The maximum absolute atomic E-state index is 6.16. The van der Waals surface area contributed by atoms with E-state index in [-0.39, 0.29) is 0 Å². The van der Waals surface area contributed by atoms with Crippen molar-refractivity contribution in [1.29, 1.82) is 0 Å². The van der Waals surface area contributed by atoms with Crippen LogP contribution in [0.25, 0.3) is 33.5 Å². The minimum Gasteiger partial charge on any atom is -0.494 e. The molecule has 0 atom stereocenters. The van der Waals surface area contributed by atoms with Crippen molar-refractivity contribution in [2.75, 3.05) is 13.2 Å². The Balaban J connectivity index is 1.53. The van der Waals surface area contributed by atoms with Crippen LogP contribution in [0, 0.1) is 0 Å². The van der Waals surface area contributed by atoms with E-state index in [9.17, 15) is 0 Å². The summed E-state index contributed by atoms with van der Waals surface area (Å²) < 4.78 is 13.2. The Kier molecular flexibility index (Phi) is 13.0. The first-order chi connectivity index (χ1) is 20.2. The zero-order chi connectivity index (χ0) is 28.7. The lowest BCUT2D eigenvalue weighted by Gasteiger charge is -2.14. The number of para-hydroxylation sites is 1. The van der Waals surface area contributed by atoms with Crippen molar-refractivity contribution < 1.29 is 9.47 Å². The quantitative estimate of drug-likeness (QED) is 0.104. The Morgan fingerprint density at radius 3 is 1.61 bits per heavy atom. The van der Waals surface area contributed by atoms with Gasteiger partial charge in [-0.1, -0.05) is 108 Å². The third-order valence-corrected chi connectivity index (χ3v) is 8.03. The molecule has 1 heterocycles. The fraction of sp³-hybridized carbons (Fsp3) is 0.444. The van der Waals surface area contributed by atoms with E-state index in [0.29, 0.717) is 0 Å². The molecular weight excluding hydrogens is 572 g/mol. The van der Waals surface area contributed by atoms with Crippen molar-refractivity contribution >= 4 is 27.0 Å². The average molecular weight is 618 g/mol. The number of halogens is 1. The molecular formula is C36H45BrN2O2. The zero-order valence-corrected chi connectivity index (χ0v) is 26.4. The molecule has 0 aliphatic carbocycles. The Morgan fingerprint density at radius 2 is 1.05 bits per heavy atom. The molecule has 0 saturated heterocycles. The maximum atomic E-state index is 6.16. The number of nitrogens with zero attached hydrogens (tertiary/aromatic N) is 2. The summed E-state index contributed by atoms with van der Waals surface area (Å²) in [7, 11) is 0. The van der Waals surface area contributed by atoms with Gasteiger partial charge in [0.15, 0.2) is 0 Å². The number of hydrogen-bond acceptors (Lipinski definition) is 4. The van der Waals surface area contributed by atoms with Crippen LogP contribution in [-0.2, 0) is 0 Å². The van der Waals surface area contributed by atoms with Crippen LogP contribution in [0.4, 0.5) is 0 Å². The van der Waals surface area contributed by atoms with E-state index in [0.717, 1.165) is 75.6 Å². The van der Waals surface area contributed by atoms with Gasteiger partial charge in [-0.25, -0.2) is 9.97 Å². The smallest absolute Gasteiger partial charge is 0.119 e. The van der Waals surface area contributed by atoms with Gasteiger partial charge < -0.3 is 9.47 Å². The molecule has 0 N–H and O–H groups in total. The lowest BCUT2D eigenvalue weighted by atomic mass is 10.0. The van der Waals surface area contributed by atoms with Gasteiger partial charge in [0.1, 0.15) is 17.0 Å². The molecule has 41 heavy (non-hydrogen) atoms. The second-order valence-electron chi connectivity index (χ2n) is 10.8. The van der Waals surface area contributed by atoms with Crippen molar-refractivity contribution in [1.82, 2.24) is 9.97 Å².